The van der Waals surface area contributed by atoms with Gasteiger partial charge in [0.2, 0.25) is 5.24 Å². The van der Waals surface area contributed by atoms with Crippen molar-refractivity contribution in [3.05, 3.63) is 44.9 Å². The topological polar surface area (TPSA) is 37.3 Å². The molecule has 8 bridgehead atoms. The number of carbonyl (C=O) groups is 1. The summed E-state index contributed by atoms with van der Waals surface area (Å²) in [7, 11) is 0. The van der Waals surface area contributed by atoms with Crippen LogP contribution in [-0.2, 0) is 4.79 Å². The molecule has 198 valence electrons. The second-order valence-corrected chi connectivity index (χ2v) is 13.3. The average Bonchev–Trinajstić information content (AvgIpc) is 2.73. The Kier molecular flexibility index (Phi) is 11.6. The SMILES string of the molecule is C=CCC(O)(CC=C)C12CC3CC(CC(C3)C1)C2.C=C[CH2-].O=C(Cl)C12CC3CC(CC(C3)C1)C2.[Cl-].[Mg+2]. The fourth-order valence-electron chi connectivity index (χ4n) is 10.0. The van der Waals surface area contributed by atoms with Gasteiger partial charge < -0.3 is 17.5 Å². The third-order valence-corrected chi connectivity index (χ3v) is 10.8. The van der Waals surface area contributed by atoms with Crippen LogP contribution in [0.1, 0.15) is 89.9 Å². The molecule has 8 aliphatic carbocycles. The molecule has 0 spiro atoms. The van der Waals surface area contributed by atoms with Crippen molar-refractivity contribution in [2.45, 2.75) is 95.5 Å². The molecule has 1 N–H and O–H groups in total. The van der Waals surface area contributed by atoms with E-state index in [0.29, 0.717) is 0 Å². The van der Waals surface area contributed by atoms with E-state index in [1.807, 2.05) is 12.2 Å². The van der Waals surface area contributed by atoms with E-state index < -0.39 is 5.60 Å². The molecule has 8 saturated carbocycles. The van der Waals surface area contributed by atoms with Gasteiger partial charge in [-0.05, 0) is 137 Å². The number of carbonyl (C=O) groups excluding carboxylic acids is 1. The predicted molar refractivity (Wildman–Crippen MR) is 148 cm³/mol. The number of halogens is 2. The fraction of sp³-hybridized carbons (Fsp3) is 0.742. The van der Waals surface area contributed by atoms with Crippen LogP contribution in [0.5, 0.6) is 0 Å². The van der Waals surface area contributed by atoms with Crippen LogP contribution in [0, 0.1) is 53.3 Å². The summed E-state index contributed by atoms with van der Waals surface area (Å²) in [5.41, 5.74) is -0.479. The zero-order valence-electron chi connectivity index (χ0n) is 22.2. The molecule has 0 aromatic rings. The summed E-state index contributed by atoms with van der Waals surface area (Å²) in [6, 6.07) is 0. The molecule has 8 fully saturated rings. The van der Waals surface area contributed by atoms with Gasteiger partial charge in [-0.2, -0.15) is 0 Å². The van der Waals surface area contributed by atoms with Crippen LogP contribution in [0.3, 0.4) is 0 Å². The molecule has 0 aromatic carbocycles. The quantitative estimate of drug-likeness (QED) is 0.228. The first-order chi connectivity index (χ1) is 16.2. The Morgan fingerprint density at radius 2 is 1.08 bits per heavy atom. The van der Waals surface area contributed by atoms with Crippen molar-refractivity contribution in [1.82, 2.24) is 0 Å². The Bertz CT molecular complexity index is 711. The Morgan fingerprint density at radius 3 is 1.33 bits per heavy atom. The van der Waals surface area contributed by atoms with E-state index in [1.165, 1.54) is 63.9 Å². The largest absolute Gasteiger partial charge is 2.00 e. The van der Waals surface area contributed by atoms with Gasteiger partial charge in [0.1, 0.15) is 0 Å². The first-order valence-corrected chi connectivity index (χ1v) is 14.1. The number of hydrogen-bond donors (Lipinski definition) is 1. The van der Waals surface area contributed by atoms with Crippen molar-refractivity contribution in [3.8, 4) is 0 Å². The van der Waals surface area contributed by atoms with Crippen molar-refractivity contribution < 1.29 is 22.3 Å². The second-order valence-electron chi connectivity index (χ2n) is 13.0. The standard InChI is InChI=1S/C17H26O.C11H15ClO.C3H5.ClH.Mg/c1-3-5-17(18,6-4-2)16-10-13-7-14(11-16)9-15(8-13)12-16;12-10(13)11-4-7-1-8(5-11)3-9(2-7)6-11;1-3-2;;/h3-4,13-15,18H,1-2,5-12H2;7-9H,1-6H2;3H,1-2H2;1H;/q;;-1;;+2/p-1. The Balaban J connectivity index is 0.000000225. The first-order valence-electron chi connectivity index (χ1n) is 13.7. The molecule has 0 unspecified atom stereocenters. The van der Waals surface area contributed by atoms with Gasteiger partial charge in [-0.25, -0.2) is 19.6 Å². The molecular weight excluding hydrogens is 500 g/mol. The van der Waals surface area contributed by atoms with Crippen LogP contribution in [0.2, 0.25) is 0 Å². The Hall–Kier alpha value is 0.0662. The van der Waals surface area contributed by atoms with Gasteiger partial charge in [-0.3, -0.25) is 4.79 Å². The first kappa shape index (κ1) is 32.3. The molecular formula is C31H46Cl2MgO2. The summed E-state index contributed by atoms with van der Waals surface area (Å²) in [6.45, 7) is 14.2. The molecule has 0 heterocycles. The number of rotatable bonds is 6. The van der Waals surface area contributed by atoms with E-state index in [4.69, 9.17) is 11.6 Å². The Labute approximate surface area is 247 Å². The van der Waals surface area contributed by atoms with Crippen LogP contribution >= 0.6 is 11.6 Å². The van der Waals surface area contributed by atoms with Gasteiger partial charge in [-0.1, -0.05) is 12.2 Å². The van der Waals surface area contributed by atoms with E-state index in [9.17, 15) is 9.90 Å². The molecule has 0 aliphatic heterocycles. The number of hydrogen-bond acceptors (Lipinski definition) is 2. The smallest absolute Gasteiger partial charge is 1.00 e. The van der Waals surface area contributed by atoms with E-state index in [0.717, 1.165) is 67.6 Å². The van der Waals surface area contributed by atoms with Crippen molar-refractivity contribution in [2.75, 3.05) is 0 Å². The number of allylic oxidation sites excluding steroid dienone is 1. The maximum atomic E-state index is 11.5. The maximum absolute atomic E-state index is 11.5. The van der Waals surface area contributed by atoms with Gasteiger partial charge in [0.25, 0.3) is 0 Å². The van der Waals surface area contributed by atoms with Crippen LogP contribution in [0.25, 0.3) is 0 Å². The summed E-state index contributed by atoms with van der Waals surface area (Å²) in [4.78, 5) is 11.5. The fourth-order valence-corrected chi connectivity index (χ4v) is 10.3. The van der Waals surface area contributed by atoms with Crippen LogP contribution in [0.15, 0.2) is 38.0 Å². The summed E-state index contributed by atoms with van der Waals surface area (Å²) in [5.74, 6) is 5.14. The minimum atomic E-state index is -0.577. The third-order valence-electron chi connectivity index (χ3n) is 10.4. The van der Waals surface area contributed by atoms with Gasteiger partial charge in [0, 0.05) is 10.8 Å². The van der Waals surface area contributed by atoms with Crippen molar-refractivity contribution in [1.29, 1.82) is 0 Å². The third kappa shape index (κ3) is 6.27. The molecule has 2 nitrogen and oxygen atoms in total. The van der Waals surface area contributed by atoms with Crippen LogP contribution in [0.4, 0.5) is 0 Å². The molecule has 0 radical (unpaired) electrons. The average molecular weight is 546 g/mol. The minimum Gasteiger partial charge on any atom is -1.00 e. The van der Waals surface area contributed by atoms with E-state index in [2.05, 4.69) is 26.7 Å². The summed E-state index contributed by atoms with van der Waals surface area (Å²) < 4.78 is 0. The van der Waals surface area contributed by atoms with Crippen molar-refractivity contribution in [2.24, 2.45) is 46.3 Å². The second kappa shape index (κ2) is 12.9. The molecule has 5 heteroatoms. The Morgan fingerprint density at radius 1 is 0.806 bits per heavy atom. The molecule has 0 amide bonds. The molecule has 0 aromatic heterocycles. The molecule has 8 aliphatic rings. The van der Waals surface area contributed by atoms with Gasteiger partial charge in [0.15, 0.2) is 0 Å². The van der Waals surface area contributed by atoms with Crippen LogP contribution in [-0.4, -0.2) is 39.0 Å². The van der Waals surface area contributed by atoms with Gasteiger partial charge in [0.05, 0.1) is 5.60 Å². The minimum absolute atomic E-state index is 0. The maximum Gasteiger partial charge on any atom is 2.00 e. The zero-order valence-corrected chi connectivity index (χ0v) is 25.2. The van der Waals surface area contributed by atoms with E-state index in [1.54, 1.807) is 0 Å². The summed E-state index contributed by atoms with van der Waals surface area (Å²) in [6.07, 6.45) is 22.2. The van der Waals surface area contributed by atoms with Gasteiger partial charge in [-0.15, -0.1) is 13.2 Å². The predicted octanol–water partition coefficient (Wildman–Crippen LogP) is 4.68. The van der Waals surface area contributed by atoms with Gasteiger partial charge >= 0.3 is 23.1 Å². The zero-order chi connectivity index (χ0) is 24.6. The molecule has 8 rings (SSSR count). The van der Waals surface area contributed by atoms with E-state index >= 15 is 0 Å². The monoisotopic (exact) mass is 544 g/mol. The van der Waals surface area contributed by atoms with Crippen molar-refractivity contribution in [3.63, 3.8) is 0 Å². The van der Waals surface area contributed by atoms with Crippen molar-refractivity contribution >= 4 is 39.9 Å². The van der Waals surface area contributed by atoms with Crippen LogP contribution < -0.4 is 12.4 Å². The molecule has 36 heavy (non-hydrogen) atoms. The molecule has 0 atom stereocenters. The summed E-state index contributed by atoms with van der Waals surface area (Å²) in [5, 5.41) is 11.2. The normalized spacial score (nSPS) is 40.3. The summed E-state index contributed by atoms with van der Waals surface area (Å²) >= 11 is 5.76. The van der Waals surface area contributed by atoms with E-state index in [-0.39, 0.29) is 51.5 Å². The molecule has 0 saturated heterocycles. The number of aliphatic hydroxyl groups is 1.